The van der Waals surface area contributed by atoms with Gasteiger partial charge in [-0.05, 0) is 49.7 Å². The molecule has 1 N–H and O–H groups in total. The number of hydrogen-bond acceptors (Lipinski definition) is 5. The van der Waals surface area contributed by atoms with E-state index in [9.17, 15) is 9.59 Å². The van der Waals surface area contributed by atoms with Crippen LogP contribution in [0.4, 0.5) is 5.69 Å². The Balaban J connectivity index is 1.79. The number of rotatable bonds is 10. The molecule has 1 amide bonds. The summed E-state index contributed by atoms with van der Waals surface area (Å²) in [7, 11) is 0. The maximum absolute atomic E-state index is 13.1. The number of para-hydroxylation sites is 2. The van der Waals surface area contributed by atoms with Gasteiger partial charge in [-0.3, -0.25) is 4.79 Å². The summed E-state index contributed by atoms with van der Waals surface area (Å²) >= 11 is 0. The monoisotopic (exact) mass is 433 g/mol. The Hall–Kier alpha value is -3.80. The van der Waals surface area contributed by atoms with Crippen LogP contribution in [-0.2, 0) is 9.53 Å². The zero-order chi connectivity index (χ0) is 22.8. The molecule has 0 aliphatic heterocycles. The Morgan fingerprint density at radius 2 is 1.53 bits per heavy atom. The zero-order valence-corrected chi connectivity index (χ0v) is 18.2. The van der Waals surface area contributed by atoms with Crippen molar-refractivity contribution in [1.82, 2.24) is 0 Å². The van der Waals surface area contributed by atoms with Crippen LogP contribution in [0.5, 0.6) is 11.5 Å². The van der Waals surface area contributed by atoms with E-state index in [0.29, 0.717) is 41.5 Å². The number of nitrogens with one attached hydrogen (secondary N) is 1. The fourth-order valence-corrected chi connectivity index (χ4v) is 3.03. The summed E-state index contributed by atoms with van der Waals surface area (Å²) in [5.74, 6) is 0.145. The van der Waals surface area contributed by atoms with Crippen LogP contribution in [0, 0.1) is 0 Å². The number of anilines is 1. The quantitative estimate of drug-likeness (QED) is 0.433. The van der Waals surface area contributed by atoms with Gasteiger partial charge < -0.3 is 19.5 Å². The summed E-state index contributed by atoms with van der Waals surface area (Å²) in [4.78, 5) is 26.0. The van der Waals surface area contributed by atoms with Gasteiger partial charge in [0.25, 0.3) is 5.91 Å². The van der Waals surface area contributed by atoms with Gasteiger partial charge in [-0.15, -0.1) is 0 Å². The lowest BCUT2D eigenvalue weighted by molar-refractivity contribution is -0.125. The minimum Gasteiger partial charge on any atom is -0.494 e. The molecule has 3 rings (SSSR count). The molecule has 32 heavy (non-hydrogen) atoms. The summed E-state index contributed by atoms with van der Waals surface area (Å²) in [5, 5.41) is 2.82. The molecule has 0 fully saturated rings. The second-order valence-electron chi connectivity index (χ2n) is 6.99. The molecule has 0 bridgehead atoms. The third kappa shape index (κ3) is 6.11. The lowest BCUT2D eigenvalue weighted by atomic mass is 10.1. The summed E-state index contributed by atoms with van der Waals surface area (Å²) < 4.78 is 16.8. The van der Waals surface area contributed by atoms with E-state index in [4.69, 9.17) is 14.2 Å². The molecule has 6 nitrogen and oxygen atoms in total. The van der Waals surface area contributed by atoms with Crippen molar-refractivity contribution in [2.24, 2.45) is 0 Å². The molecule has 0 aliphatic rings. The first kappa shape index (κ1) is 22.9. The Labute approximate surface area is 188 Å². The highest BCUT2D eigenvalue weighted by atomic mass is 16.5. The highest BCUT2D eigenvalue weighted by molar-refractivity contribution is 5.99. The minimum absolute atomic E-state index is 0.331. The highest BCUT2D eigenvalue weighted by Gasteiger charge is 2.26. The first-order valence-corrected chi connectivity index (χ1v) is 10.6. The Kier molecular flexibility index (Phi) is 8.26. The molecule has 1 unspecified atom stereocenters. The predicted octanol–water partition coefficient (Wildman–Crippen LogP) is 5.41. The van der Waals surface area contributed by atoms with Crippen molar-refractivity contribution in [1.29, 1.82) is 0 Å². The summed E-state index contributed by atoms with van der Waals surface area (Å²) in [6, 6.07) is 22.7. The maximum Gasteiger partial charge on any atom is 0.339 e. The molecule has 3 aromatic rings. The fourth-order valence-electron chi connectivity index (χ4n) is 3.03. The third-order valence-electron chi connectivity index (χ3n) is 4.57. The smallest absolute Gasteiger partial charge is 0.339 e. The second kappa shape index (κ2) is 11.6. The van der Waals surface area contributed by atoms with Gasteiger partial charge in [-0.2, -0.15) is 0 Å². The zero-order valence-electron chi connectivity index (χ0n) is 18.2. The first-order chi connectivity index (χ1) is 15.6. The van der Waals surface area contributed by atoms with Gasteiger partial charge in [0, 0.05) is 5.56 Å². The number of carbonyl (C=O) groups is 2. The molecule has 0 saturated carbocycles. The Morgan fingerprint density at radius 1 is 0.844 bits per heavy atom. The number of carbonyl (C=O) groups excluding carboxylic acids is 2. The van der Waals surface area contributed by atoms with Gasteiger partial charge in [0.1, 0.15) is 11.5 Å². The Bertz CT molecular complexity index is 1020. The predicted molar refractivity (Wildman–Crippen MR) is 123 cm³/mol. The van der Waals surface area contributed by atoms with Crippen molar-refractivity contribution in [3.05, 3.63) is 90.0 Å². The van der Waals surface area contributed by atoms with Crippen LogP contribution >= 0.6 is 0 Å². The SMILES string of the molecule is CCCOc1ccc(C(=O)OC(C(=O)Nc2ccccc2OCC)c2ccccc2)cc1. The summed E-state index contributed by atoms with van der Waals surface area (Å²) in [6.45, 7) is 4.95. The van der Waals surface area contributed by atoms with Crippen molar-refractivity contribution in [2.75, 3.05) is 18.5 Å². The summed E-state index contributed by atoms with van der Waals surface area (Å²) in [6.07, 6.45) is -0.237. The molecule has 0 saturated heterocycles. The summed E-state index contributed by atoms with van der Waals surface area (Å²) in [5.41, 5.74) is 1.40. The normalized spacial score (nSPS) is 11.3. The Morgan fingerprint density at radius 3 is 2.22 bits per heavy atom. The standard InChI is InChI=1S/C26H27NO5/c1-3-18-31-21-16-14-20(15-17-21)26(29)32-24(19-10-6-5-7-11-19)25(28)27-22-12-8-9-13-23(22)30-4-2/h5-17,24H,3-4,18H2,1-2H3,(H,27,28). The average molecular weight is 434 g/mol. The van der Waals surface area contributed by atoms with Crippen LogP contribution in [0.25, 0.3) is 0 Å². The van der Waals surface area contributed by atoms with Crippen molar-refractivity contribution in [3.63, 3.8) is 0 Å². The molecule has 1 atom stereocenters. The van der Waals surface area contributed by atoms with Crippen LogP contribution in [0.1, 0.15) is 42.3 Å². The van der Waals surface area contributed by atoms with Crippen molar-refractivity contribution < 1.29 is 23.8 Å². The third-order valence-corrected chi connectivity index (χ3v) is 4.57. The van der Waals surface area contributed by atoms with Gasteiger partial charge in [0.05, 0.1) is 24.5 Å². The molecule has 6 heteroatoms. The molecular formula is C26H27NO5. The van der Waals surface area contributed by atoms with E-state index in [1.807, 2.05) is 26.0 Å². The molecule has 0 spiro atoms. The van der Waals surface area contributed by atoms with E-state index in [2.05, 4.69) is 5.32 Å². The number of amides is 1. The molecule has 0 aromatic heterocycles. The van der Waals surface area contributed by atoms with Gasteiger partial charge in [-0.1, -0.05) is 49.4 Å². The van der Waals surface area contributed by atoms with Gasteiger partial charge in [0.15, 0.2) is 0 Å². The van der Waals surface area contributed by atoms with E-state index >= 15 is 0 Å². The fraction of sp³-hybridized carbons (Fsp3) is 0.231. The van der Waals surface area contributed by atoms with Crippen LogP contribution in [0.2, 0.25) is 0 Å². The van der Waals surface area contributed by atoms with Crippen molar-refractivity contribution in [3.8, 4) is 11.5 Å². The molecule has 3 aromatic carbocycles. The molecule has 0 heterocycles. The number of hydrogen-bond donors (Lipinski definition) is 1. The molecule has 166 valence electrons. The molecule has 0 aliphatic carbocycles. The lowest BCUT2D eigenvalue weighted by Crippen LogP contribution is -2.26. The van der Waals surface area contributed by atoms with Crippen LogP contribution < -0.4 is 14.8 Å². The van der Waals surface area contributed by atoms with Crippen LogP contribution in [0.3, 0.4) is 0 Å². The van der Waals surface area contributed by atoms with Gasteiger partial charge in [0.2, 0.25) is 6.10 Å². The first-order valence-electron chi connectivity index (χ1n) is 10.6. The maximum atomic E-state index is 13.1. The minimum atomic E-state index is -1.13. The van der Waals surface area contributed by atoms with E-state index in [1.165, 1.54) is 0 Å². The van der Waals surface area contributed by atoms with E-state index in [0.717, 1.165) is 6.42 Å². The van der Waals surface area contributed by atoms with Crippen LogP contribution in [0.15, 0.2) is 78.9 Å². The number of benzene rings is 3. The largest absolute Gasteiger partial charge is 0.494 e. The van der Waals surface area contributed by atoms with E-state index < -0.39 is 18.0 Å². The molecular weight excluding hydrogens is 406 g/mol. The number of esters is 1. The lowest BCUT2D eigenvalue weighted by Gasteiger charge is -2.19. The van der Waals surface area contributed by atoms with Gasteiger partial charge >= 0.3 is 5.97 Å². The van der Waals surface area contributed by atoms with Crippen molar-refractivity contribution in [2.45, 2.75) is 26.4 Å². The average Bonchev–Trinajstić information content (AvgIpc) is 2.83. The molecule has 0 radical (unpaired) electrons. The topological polar surface area (TPSA) is 73.9 Å². The van der Waals surface area contributed by atoms with E-state index in [-0.39, 0.29) is 0 Å². The van der Waals surface area contributed by atoms with E-state index in [1.54, 1.807) is 66.7 Å². The highest BCUT2D eigenvalue weighted by Crippen LogP contribution is 2.27. The number of ether oxygens (including phenoxy) is 3. The van der Waals surface area contributed by atoms with Crippen molar-refractivity contribution >= 4 is 17.6 Å². The van der Waals surface area contributed by atoms with Crippen LogP contribution in [-0.4, -0.2) is 25.1 Å². The second-order valence-corrected chi connectivity index (χ2v) is 6.99. The van der Waals surface area contributed by atoms with Gasteiger partial charge in [-0.25, -0.2) is 4.79 Å².